The highest BCUT2D eigenvalue weighted by Crippen LogP contribution is 2.33. The third-order valence-electron chi connectivity index (χ3n) is 3.40. The zero-order chi connectivity index (χ0) is 15.4. The molecule has 2 rings (SSSR count). The summed E-state index contributed by atoms with van der Waals surface area (Å²) in [7, 11) is 0. The quantitative estimate of drug-likeness (QED) is 0.856. The number of nitrogen functional groups attached to an aromatic ring is 1. The Morgan fingerprint density at radius 3 is 2.81 bits per heavy atom. The number of nitrogens with two attached hydrogens (primary N) is 1. The van der Waals surface area contributed by atoms with Crippen molar-refractivity contribution < 1.29 is 4.39 Å². The van der Waals surface area contributed by atoms with Gasteiger partial charge in [-0.1, -0.05) is 22.9 Å². The Morgan fingerprint density at radius 1 is 1.38 bits per heavy atom. The third-order valence-corrected chi connectivity index (χ3v) is 4.12. The van der Waals surface area contributed by atoms with Gasteiger partial charge in [-0.25, -0.2) is 9.37 Å². The Morgan fingerprint density at radius 2 is 2.14 bits per heavy atom. The highest BCUT2D eigenvalue weighted by Gasteiger charge is 2.21. The molecule has 112 valence electrons. The maximum absolute atomic E-state index is 13.7. The van der Waals surface area contributed by atoms with E-state index in [0.29, 0.717) is 5.82 Å². The highest BCUT2D eigenvalue weighted by atomic mass is 79.9. The van der Waals surface area contributed by atoms with Gasteiger partial charge in [0.25, 0.3) is 0 Å². The van der Waals surface area contributed by atoms with Crippen molar-refractivity contribution in [2.24, 2.45) is 0 Å². The number of nitrogens with one attached hydrogen (secondary N) is 1. The Balaban J connectivity index is 2.55. The van der Waals surface area contributed by atoms with E-state index in [9.17, 15) is 4.39 Å². The van der Waals surface area contributed by atoms with Gasteiger partial charge >= 0.3 is 0 Å². The molecule has 0 bridgehead atoms. The molecule has 0 amide bonds. The third kappa shape index (κ3) is 3.60. The summed E-state index contributed by atoms with van der Waals surface area (Å²) in [6.07, 6.45) is 2.66. The molecule has 5 heteroatoms. The van der Waals surface area contributed by atoms with Crippen LogP contribution in [0, 0.1) is 12.7 Å². The summed E-state index contributed by atoms with van der Waals surface area (Å²) in [5.74, 6) is 0.205. The van der Waals surface area contributed by atoms with Crippen LogP contribution in [0.2, 0.25) is 0 Å². The zero-order valence-electron chi connectivity index (χ0n) is 12.2. The van der Waals surface area contributed by atoms with Crippen LogP contribution in [0.15, 0.2) is 34.9 Å². The Hall–Kier alpha value is -1.46. The summed E-state index contributed by atoms with van der Waals surface area (Å²) in [6.45, 7) is 4.88. The molecule has 0 aliphatic carbocycles. The first-order valence-corrected chi connectivity index (χ1v) is 7.73. The summed E-state index contributed by atoms with van der Waals surface area (Å²) in [6, 6.07) is 6.41. The van der Waals surface area contributed by atoms with Gasteiger partial charge in [-0.15, -0.1) is 0 Å². The van der Waals surface area contributed by atoms with Gasteiger partial charge in [0.15, 0.2) is 0 Å². The van der Waals surface area contributed by atoms with Crippen molar-refractivity contribution >= 4 is 21.7 Å². The summed E-state index contributed by atoms with van der Waals surface area (Å²) >= 11 is 3.50. The van der Waals surface area contributed by atoms with Crippen molar-refractivity contribution in [2.75, 3.05) is 12.3 Å². The van der Waals surface area contributed by atoms with E-state index in [1.165, 1.54) is 12.1 Å². The summed E-state index contributed by atoms with van der Waals surface area (Å²) in [5.41, 5.74) is 8.82. The first-order valence-electron chi connectivity index (χ1n) is 6.94. The molecule has 3 nitrogen and oxygen atoms in total. The fourth-order valence-electron chi connectivity index (χ4n) is 2.36. The first kappa shape index (κ1) is 15.9. The minimum absolute atomic E-state index is 0.191. The molecule has 0 aliphatic rings. The van der Waals surface area contributed by atoms with Crippen molar-refractivity contribution in [3.05, 3.63) is 57.4 Å². The van der Waals surface area contributed by atoms with Gasteiger partial charge in [0, 0.05) is 16.2 Å². The van der Waals surface area contributed by atoms with Gasteiger partial charge in [0.2, 0.25) is 0 Å². The second-order valence-electron chi connectivity index (χ2n) is 4.98. The molecule has 1 atom stereocenters. The molecular weight excluding hydrogens is 333 g/mol. The number of halogens is 2. The smallest absolute Gasteiger partial charge is 0.128 e. The predicted molar refractivity (Wildman–Crippen MR) is 87.6 cm³/mol. The van der Waals surface area contributed by atoms with Gasteiger partial charge in [-0.2, -0.15) is 0 Å². The van der Waals surface area contributed by atoms with Gasteiger partial charge in [-0.05, 0) is 55.3 Å². The van der Waals surface area contributed by atoms with Crippen molar-refractivity contribution in [1.29, 1.82) is 0 Å². The molecule has 0 saturated heterocycles. The lowest BCUT2D eigenvalue weighted by molar-refractivity contribution is 0.582. The first-order chi connectivity index (χ1) is 10.0. The molecule has 1 aromatic carbocycles. The average molecular weight is 352 g/mol. The number of anilines is 1. The Kier molecular flexibility index (Phi) is 5.31. The van der Waals surface area contributed by atoms with Crippen molar-refractivity contribution in [1.82, 2.24) is 10.3 Å². The van der Waals surface area contributed by atoms with Crippen LogP contribution >= 0.6 is 15.9 Å². The molecule has 0 radical (unpaired) electrons. The van der Waals surface area contributed by atoms with Crippen LogP contribution in [0.4, 0.5) is 10.2 Å². The number of hydrogen-bond acceptors (Lipinski definition) is 3. The van der Waals surface area contributed by atoms with E-state index in [-0.39, 0.29) is 11.9 Å². The highest BCUT2D eigenvalue weighted by molar-refractivity contribution is 9.10. The van der Waals surface area contributed by atoms with Crippen LogP contribution in [0.1, 0.15) is 36.1 Å². The maximum atomic E-state index is 13.7. The van der Waals surface area contributed by atoms with Crippen LogP contribution in [0.3, 0.4) is 0 Å². The van der Waals surface area contributed by atoms with Crippen LogP contribution in [-0.2, 0) is 0 Å². The van der Waals surface area contributed by atoms with E-state index in [1.54, 1.807) is 12.3 Å². The topological polar surface area (TPSA) is 50.9 Å². The predicted octanol–water partition coefficient (Wildman–Crippen LogP) is 3.96. The largest absolute Gasteiger partial charge is 0.383 e. The minimum atomic E-state index is -0.267. The Labute approximate surface area is 132 Å². The van der Waals surface area contributed by atoms with E-state index in [2.05, 4.69) is 33.2 Å². The van der Waals surface area contributed by atoms with Crippen LogP contribution in [-0.4, -0.2) is 11.5 Å². The van der Waals surface area contributed by atoms with E-state index in [1.807, 2.05) is 13.0 Å². The average Bonchev–Trinajstić information content (AvgIpc) is 2.45. The second kappa shape index (κ2) is 7.00. The lowest BCUT2D eigenvalue weighted by Crippen LogP contribution is -2.25. The number of benzene rings is 1. The van der Waals surface area contributed by atoms with Crippen LogP contribution < -0.4 is 11.1 Å². The van der Waals surface area contributed by atoms with E-state index >= 15 is 0 Å². The molecule has 0 spiro atoms. The second-order valence-corrected chi connectivity index (χ2v) is 5.83. The molecular formula is C16H19BrFN3. The van der Waals surface area contributed by atoms with Crippen LogP contribution in [0.5, 0.6) is 0 Å². The van der Waals surface area contributed by atoms with Crippen molar-refractivity contribution in [2.45, 2.75) is 26.3 Å². The van der Waals surface area contributed by atoms with E-state index in [4.69, 9.17) is 5.73 Å². The number of aryl methyl sites for hydroxylation is 1. The lowest BCUT2D eigenvalue weighted by Gasteiger charge is -2.23. The SMILES string of the molecule is CCCNC(c1cc(F)ccc1Br)c1c(C)ccnc1N. The molecule has 0 aliphatic heterocycles. The monoisotopic (exact) mass is 351 g/mol. The maximum Gasteiger partial charge on any atom is 0.128 e. The standard InChI is InChI=1S/C16H19BrFN3/c1-3-7-20-15(12-9-11(18)4-5-13(12)17)14-10(2)6-8-21-16(14)19/h4-6,8-9,15,20H,3,7H2,1-2H3,(H2,19,21). The fraction of sp³-hybridized carbons (Fsp3) is 0.312. The molecule has 0 saturated carbocycles. The van der Waals surface area contributed by atoms with E-state index < -0.39 is 0 Å². The fourth-order valence-corrected chi connectivity index (χ4v) is 2.83. The molecule has 3 N–H and O–H groups in total. The molecule has 1 unspecified atom stereocenters. The molecule has 1 heterocycles. The van der Waals surface area contributed by atoms with Crippen molar-refractivity contribution in [3.63, 3.8) is 0 Å². The minimum Gasteiger partial charge on any atom is -0.383 e. The van der Waals surface area contributed by atoms with Gasteiger partial charge in [0.1, 0.15) is 11.6 Å². The molecule has 2 aromatic rings. The number of pyridine rings is 1. The van der Waals surface area contributed by atoms with E-state index in [0.717, 1.165) is 34.1 Å². The summed E-state index contributed by atoms with van der Waals surface area (Å²) < 4.78 is 14.5. The van der Waals surface area contributed by atoms with Gasteiger partial charge in [0.05, 0.1) is 6.04 Å². The Bertz CT molecular complexity index is 611. The molecule has 0 fully saturated rings. The number of aromatic nitrogens is 1. The molecule has 21 heavy (non-hydrogen) atoms. The number of nitrogens with zero attached hydrogens (tertiary/aromatic N) is 1. The number of rotatable bonds is 5. The van der Waals surface area contributed by atoms with Gasteiger partial charge < -0.3 is 11.1 Å². The normalized spacial score (nSPS) is 12.4. The van der Waals surface area contributed by atoms with Crippen molar-refractivity contribution in [3.8, 4) is 0 Å². The van der Waals surface area contributed by atoms with Gasteiger partial charge in [-0.3, -0.25) is 0 Å². The summed E-state index contributed by atoms with van der Waals surface area (Å²) in [4.78, 5) is 4.18. The molecule has 1 aromatic heterocycles. The summed E-state index contributed by atoms with van der Waals surface area (Å²) in [5, 5.41) is 3.44. The van der Waals surface area contributed by atoms with Crippen LogP contribution in [0.25, 0.3) is 0 Å². The zero-order valence-corrected chi connectivity index (χ0v) is 13.7. The number of hydrogen-bond donors (Lipinski definition) is 2. The lowest BCUT2D eigenvalue weighted by atomic mass is 9.95.